The summed E-state index contributed by atoms with van der Waals surface area (Å²) in [7, 11) is 0. The van der Waals surface area contributed by atoms with Crippen molar-refractivity contribution in [1.29, 1.82) is 0 Å². The fraction of sp³-hybridized carbons (Fsp3) is 0.449. The number of aryl methyl sites for hydroxylation is 8. The Morgan fingerprint density at radius 1 is 0.278 bits per heavy atom. The molecule has 10 aromatic rings. The molecule has 0 radical (unpaired) electrons. The number of carbonyl (C=O) groups is 2. The molecule has 570 valence electrons. The summed E-state index contributed by atoms with van der Waals surface area (Å²) in [4.78, 5) is 51.3. The number of fused-ring (bicyclic) bond motifs is 1. The average molecular weight is 1550 g/mol. The second kappa shape index (κ2) is 43.3. The van der Waals surface area contributed by atoms with Gasteiger partial charge in [0.1, 0.15) is 0 Å². The van der Waals surface area contributed by atoms with Gasteiger partial charge in [0.25, 0.3) is 11.8 Å². The van der Waals surface area contributed by atoms with Crippen LogP contribution < -0.4 is 0 Å². The number of benzene rings is 4. The largest absolute Gasteiger partial charge is 0.306 e. The molecule has 2 atom stereocenters. The Kier molecular flexibility index (Phi) is 32.5. The van der Waals surface area contributed by atoms with E-state index in [-0.39, 0.29) is 11.8 Å². The van der Waals surface area contributed by atoms with E-state index < -0.39 is 0 Å². The van der Waals surface area contributed by atoms with E-state index in [2.05, 4.69) is 218 Å². The van der Waals surface area contributed by atoms with Crippen LogP contribution in [0.3, 0.4) is 0 Å². The average Bonchev–Trinajstić information content (AvgIpc) is 1.55. The van der Waals surface area contributed by atoms with Gasteiger partial charge in [-0.05, 0) is 218 Å². The van der Waals surface area contributed by atoms with E-state index in [4.69, 9.17) is 0 Å². The third-order valence-electron chi connectivity index (χ3n) is 22.6. The van der Waals surface area contributed by atoms with Crippen LogP contribution in [-0.2, 0) is 61.0 Å². The predicted molar refractivity (Wildman–Crippen MR) is 474 cm³/mol. The summed E-state index contributed by atoms with van der Waals surface area (Å²) in [6.07, 6.45) is 41.1. The Bertz CT molecular complexity index is 4100. The summed E-state index contributed by atoms with van der Waals surface area (Å²) < 4.78 is 0. The molecule has 0 saturated heterocycles. The molecule has 8 heterocycles. The molecule has 108 heavy (non-hydrogen) atoms. The van der Waals surface area contributed by atoms with Gasteiger partial charge in [0.15, 0.2) is 0 Å². The zero-order valence-electron chi connectivity index (χ0n) is 65.5. The third kappa shape index (κ3) is 22.4. The zero-order chi connectivity index (χ0) is 74.5. The van der Waals surface area contributed by atoms with Crippen LogP contribution >= 0.6 is 68.0 Å². The van der Waals surface area contributed by atoms with Crippen LogP contribution in [0.2, 0.25) is 0 Å². The number of carbonyl (C=O) groups excluding carboxylic acids is 2. The molecule has 4 aromatic carbocycles. The highest BCUT2D eigenvalue weighted by Crippen LogP contribution is 2.54. The number of thiophene rings is 6. The quantitative estimate of drug-likeness (QED) is 0.0357. The van der Waals surface area contributed by atoms with Gasteiger partial charge in [0.2, 0.25) is 0 Å². The van der Waals surface area contributed by atoms with Crippen molar-refractivity contribution in [3.63, 3.8) is 0 Å². The molecule has 0 saturated carbocycles. The van der Waals surface area contributed by atoms with Crippen LogP contribution in [0.25, 0.3) is 50.4 Å². The van der Waals surface area contributed by atoms with Gasteiger partial charge in [-0.15, -0.1) is 68.0 Å². The van der Waals surface area contributed by atoms with Crippen molar-refractivity contribution < 1.29 is 9.59 Å². The minimum atomic E-state index is 0.0377. The second-order valence-electron chi connectivity index (χ2n) is 31.0. The van der Waals surface area contributed by atoms with E-state index in [1.807, 2.05) is 68.0 Å². The molecule has 0 bridgehead atoms. The van der Waals surface area contributed by atoms with Crippen molar-refractivity contribution >= 4 is 91.2 Å². The first-order valence-electron chi connectivity index (χ1n) is 42.2. The molecule has 0 fully saturated rings. The van der Waals surface area contributed by atoms with Gasteiger partial charge in [-0.3, -0.25) is 9.59 Å². The first-order valence-corrected chi connectivity index (χ1v) is 47.2. The molecule has 10 heteroatoms. The number of hydrogen-bond donors (Lipinski definition) is 0. The maximum atomic E-state index is 17.1. The summed E-state index contributed by atoms with van der Waals surface area (Å²) in [5, 5.41) is 4.58. The number of hydrogen-bond acceptors (Lipinski definition) is 8. The van der Waals surface area contributed by atoms with Crippen LogP contribution in [0.15, 0.2) is 192 Å². The second-order valence-corrected chi connectivity index (χ2v) is 37.1. The predicted octanol–water partition coefficient (Wildman–Crippen LogP) is 29.9. The summed E-state index contributed by atoms with van der Waals surface area (Å²) in [6, 6.07) is 63.1. The SMILES string of the molecule is CCCCCCCCC(CCCCCC)CN1C(=O)C2=C(c3cc(CCCc4ccccc4)c(-c4ccc(-c5sccc5CCCc5ccccc5)s4)s3)N(CC(CCCCCC)CCCCCCCC)C(=O)C2=C1c1cc(CCCc2ccccc2)c(-c2ccc(-c3sccc3CCCc3ccccc3)s2)s1. The summed E-state index contributed by atoms with van der Waals surface area (Å²) in [5.41, 5.74) is 14.1. The molecule has 2 unspecified atom stereocenters. The van der Waals surface area contributed by atoms with Crippen molar-refractivity contribution in [2.24, 2.45) is 11.8 Å². The van der Waals surface area contributed by atoms with Crippen LogP contribution in [-0.4, -0.2) is 34.7 Å². The summed E-state index contributed by atoms with van der Waals surface area (Å²) >= 11 is 11.3. The van der Waals surface area contributed by atoms with E-state index in [1.54, 1.807) is 0 Å². The van der Waals surface area contributed by atoms with Gasteiger partial charge in [0, 0.05) is 52.1 Å². The van der Waals surface area contributed by atoms with Crippen molar-refractivity contribution in [2.75, 3.05) is 13.1 Å². The van der Waals surface area contributed by atoms with E-state index in [0.29, 0.717) is 36.1 Å². The number of amides is 2. The van der Waals surface area contributed by atoms with Gasteiger partial charge in [-0.1, -0.05) is 277 Å². The Morgan fingerprint density at radius 3 is 0.889 bits per heavy atom. The highest BCUT2D eigenvalue weighted by Gasteiger charge is 2.50. The molecule has 2 aliphatic rings. The van der Waals surface area contributed by atoms with Crippen LogP contribution in [0.5, 0.6) is 0 Å². The normalized spacial score (nSPS) is 13.7. The smallest absolute Gasteiger partial charge is 0.261 e. The van der Waals surface area contributed by atoms with Crippen molar-refractivity contribution in [3.05, 3.63) is 246 Å². The lowest BCUT2D eigenvalue weighted by Crippen LogP contribution is -2.34. The lowest BCUT2D eigenvalue weighted by Gasteiger charge is -2.29. The van der Waals surface area contributed by atoms with E-state index in [9.17, 15) is 0 Å². The lowest BCUT2D eigenvalue weighted by atomic mass is 9.93. The lowest BCUT2D eigenvalue weighted by molar-refractivity contribution is -0.124. The van der Waals surface area contributed by atoms with Gasteiger partial charge in [0.05, 0.1) is 32.3 Å². The molecule has 6 aromatic heterocycles. The molecule has 0 aliphatic carbocycles. The van der Waals surface area contributed by atoms with Gasteiger partial charge in [-0.25, -0.2) is 0 Å². The van der Waals surface area contributed by atoms with Crippen LogP contribution in [0.4, 0.5) is 0 Å². The number of rotatable bonds is 50. The van der Waals surface area contributed by atoms with Gasteiger partial charge in [-0.2, -0.15) is 0 Å². The summed E-state index contributed by atoms with van der Waals surface area (Å²) in [6.45, 7) is 10.5. The maximum absolute atomic E-state index is 17.1. The van der Waals surface area contributed by atoms with Crippen LogP contribution in [0, 0.1) is 11.8 Å². The van der Waals surface area contributed by atoms with Gasteiger partial charge < -0.3 is 9.80 Å². The molecular formula is C98H120N2O2S6. The van der Waals surface area contributed by atoms with Crippen molar-refractivity contribution in [1.82, 2.24) is 9.80 Å². The topological polar surface area (TPSA) is 40.6 Å². The van der Waals surface area contributed by atoms with Crippen LogP contribution in [0.1, 0.15) is 262 Å². The monoisotopic (exact) mass is 1550 g/mol. The Balaban J connectivity index is 0.999. The van der Waals surface area contributed by atoms with Crippen molar-refractivity contribution in [3.8, 4) is 39.0 Å². The fourth-order valence-electron chi connectivity index (χ4n) is 16.6. The first-order chi connectivity index (χ1) is 53.3. The third-order valence-corrected chi connectivity index (χ3v) is 29.8. The number of nitrogens with zero attached hydrogens (tertiary/aromatic N) is 2. The molecule has 12 rings (SSSR count). The van der Waals surface area contributed by atoms with E-state index in [0.717, 1.165) is 137 Å². The molecule has 0 spiro atoms. The van der Waals surface area contributed by atoms with E-state index >= 15 is 9.59 Å². The molecule has 4 nitrogen and oxygen atoms in total. The molecule has 0 N–H and O–H groups in total. The Hall–Kier alpha value is -6.50. The highest BCUT2D eigenvalue weighted by atomic mass is 32.1. The minimum absolute atomic E-state index is 0.0377. The first kappa shape index (κ1) is 81.0. The van der Waals surface area contributed by atoms with E-state index in [1.165, 1.54) is 199 Å². The Labute approximate surface area is 673 Å². The molecular weight excluding hydrogens is 1430 g/mol. The van der Waals surface area contributed by atoms with Gasteiger partial charge >= 0.3 is 0 Å². The molecule has 2 aliphatic heterocycles. The summed E-state index contributed by atoms with van der Waals surface area (Å²) in [5.74, 6) is 0.703. The standard InChI is InChI=1S/C98H120N2O2S6/c1-5-9-13-17-19-27-51-77(49-25-15-11-7-3)71-99-91(87-69-81(59-39-55-75-45-33-23-34-46-75)95(107-87)85-63-61-83(105-85)93-79(65-67-103-93)57-37-53-73-41-29-21-30-42-73)89-90(97(99)101)92(100(98(89)102)72-78(50-26-16-12-8-4)52-28-20-18-14-10-6-2)88-70-82(60-40-56-76-47-35-24-36-48-76)96(108-88)86-64-62-84(106-86)94-80(66-68-104-94)58-38-54-74-43-31-22-32-44-74/h21-24,29-36,41-48,61-70,77-78H,5-20,25-28,37-40,49-60,71-72H2,1-4H3. The highest BCUT2D eigenvalue weighted by molar-refractivity contribution is 7.27. The minimum Gasteiger partial charge on any atom is -0.306 e. The maximum Gasteiger partial charge on any atom is 0.261 e. The number of unbranched alkanes of at least 4 members (excludes halogenated alkanes) is 16. The Morgan fingerprint density at radius 2 is 0.565 bits per heavy atom. The fourth-order valence-corrected chi connectivity index (χ4v) is 23.7. The molecule has 2 amide bonds. The van der Waals surface area contributed by atoms with Crippen molar-refractivity contribution in [2.45, 2.75) is 259 Å². The zero-order valence-corrected chi connectivity index (χ0v) is 70.4.